The van der Waals surface area contributed by atoms with Gasteiger partial charge < -0.3 is 9.84 Å². The molecule has 0 aromatic heterocycles. The van der Waals surface area contributed by atoms with Crippen LogP contribution in [0.4, 0.5) is 0 Å². The number of hydrogen-bond acceptors (Lipinski definition) is 2. The van der Waals surface area contributed by atoms with Crippen molar-refractivity contribution < 1.29 is 9.84 Å². The zero-order valence-electron chi connectivity index (χ0n) is 15.9. The number of phenols is 1. The molecule has 0 spiro atoms. The Labute approximate surface area is 139 Å². The molecule has 2 aromatic rings. The summed E-state index contributed by atoms with van der Waals surface area (Å²) < 4.78 is 6.51. The quantitative estimate of drug-likeness (QED) is 0.692. The molecule has 1 heterocycles. The molecule has 0 saturated heterocycles. The fourth-order valence-corrected chi connectivity index (χ4v) is 3.99. The highest BCUT2D eigenvalue weighted by Crippen LogP contribution is 2.55. The predicted octanol–water partition coefficient (Wildman–Crippen LogP) is 5.54. The molecule has 0 amide bonds. The monoisotopic (exact) mass is 312 g/mol. The Kier molecular flexibility index (Phi) is 3.12. The fourth-order valence-electron chi connectivity index (χ4n) is 3.99. The number of hydrogen-bond donors (Lipinski definition) is 1. The van der Waals surface area contributed by atoms with Crippen molar-refractivity contribution in [1.82, 2.24) is 0 Å². The molecule has 0 aliphatic carbocycles. The molecule has 23 heavy (non-hydrogen) atoms. The number of rotatable bonds is 0. The number of ether oxygens (including phenoxy) is 1. The number of phenolic OH excluding ortho intramolecular Hbond substituents is 1. The van der Waals surface area contributed by atoms with Crippen LogP contribution in [0.25, 0.3) is 10.8 Å². The van der Waals surface area contributed by atoms with Gasteiger partial charge in [-0.3, -0.25) is 0 Å². The zero-order valence-corrected chi connectivity index (χ0v) is 15.9. The molecule has 124 valence electrons. The standard InChI is InChI=1S/C21H28O2/c1-10-11(2)15-16-17(12(10)3)20(6,7)21(8,9)23-19(16)14(5)13(4)18(15)22/h22H,1-9H3. The first-order valence-corrected chi connectivity index (χ1v) is 8.38. The van der Waals surface area contributed by atoms with Gasteiger partial charge in [0.25, 0.3) is 0 Å². The molecule has 2 nitrogen and oxygen atoms in total. The molecular formula is C21H28O2. The van der Waals surface area contributed by atoms with E-state index in [1.165, 1.54) is 16.7 Å². The van der Waals surface area contributed by atoms with Gasteiger partial charge in [-0.25, -0.2) is 0 Å². The highest BCUT2D eigenvalue weighted by Gasteiger charge is 2.47. The third kappa shape index (κ3) is 1.75. The van der Waals surface area contributed by atoms with Crippen LogP contribution >= 0.6 is 0 Å². The predicted molar refractivity (Wildman–Crippen MR) is 97.0 cm³/mol. The van der Waals surface area contributed by atoms with Crippen molar-refractivity contribution in [2.24, 2.45) is 0 Å². The first kappa shape index (κ1) is 16.2. The third-order valence-corrected chi connectivity index (χ3v) is 6.58. The maximum Gasteiger partial charge on any atom is 0.131 e. The fraction of sp³-hybridized carbons (Fsp3) is 0.524. The molecule has 0 radical (unpaired) electrons. The summed E-state index contributed by atoms with van der Waals surface area (Å²) in [6, 6.07) is 0. The molecule has 1 aliphatic heterocycles. The second kappa shape index (κ2) is 4.43. The van der Waals surface area contributed by atoms with Crippen molar-refractivity contribution in [3.8, 4) is 11.5 Å². The van der Waals surface area contributed by atoms with Gasteiger partial charge in [-0.15, -0.1) is 0 Å². The van der Waals surface area contributed by atoms with E-state index in [-0.39, 0.29) is 11.0 Å². The summed E-state index contributed by atoms with van der Waals surface area (Å²) in [4.78, 5) is 0. The van der Waals surface area contributed by atoms with Crippen molar-refractivity contribution in [2.45, 2.75) is 73.3 Å². The SMILES string of the molecule is Cc1c(C)c2c3c(c(C)c(C)c(O)c3c1C)OC(C)(C)C2(C)C. The topological polar surface area (TPSA) is 29.5 Å². The lowest BCUT2D eigenvalue weighted by molar-refractivity contribution is 0.0297. The van der Waals surface area contributed by atoms with E-state index in [0.29, 0.717) is 5.75 Å². The zero-order chi connectivity index (χ0) is 17.5. The second-order valence-corrected chi connectivity index (χ2v) is 8.17. The van der Waals surface area contributed by atoms with Gasteiger partial charge in [0.1, 0.15) is 17.1 Å². The summed E-state index contributed by atoms with van der Waals surface area (Å²) in [5, 5.41) is 12.9. The summed E-state index contributed by atoms with van der Waals surface area (Å²) in [6.07, 6.45) is 0. The molecule has 0 fully saturated rings. The molecule has 0 bridgehead atoms. The van der Waals surface area contributed by atoms with E-state index in [0.717, 1.165) is 33.2 Å². The van der Waals surface area contributed by atoms with E-state index in [4.69, 9.17) is 4.74 Å². The molecule has 3 rings (SSSR count). The van der Waals surface area contributed by atoms with E-state index < -0.39 is 0 Å². The summed E-state index contributed by atoms with van der Waals surface area (Å²) in [7, 11) is 0. The molecule has 2 heteroatoms. The van der Waals surface area contributed by atoms with Crippen molar-refractivity contribution >= 4 is 10.8 Å². The van der Waals surface area contributed by atoms with Crippen molar-refractivity contribution in [1.29, 1.82) is 0 Å². The average Bonchev–Trinajstić information content (AvgIpc) is 2.45. The van der Waals surface area contributed by atoms with Gasteiger partial charge in [0.05, 0.1) is 0 Å². The normalized spacial score (nSPS) is 18.1. The Balaban J connectivity index is 2.71. The Hall–Kier alpha value is -1.70. The van der Waals surface area contributed by atoms with E-state index in [1.807, 2.05) is 13.8 Å². The highest BCUT2D eigenvalue weighted by atomic mass is 16.5. The molecule has 1 N–H and O–H groups in total. The van der Waals surface area contributed by atoms with Crippen LogP contribution in [0.15, 0.2) is 0 Å². The van der Waals surface area contributed by atoms with Gasteiger partial charge in [0.2, 0.25) is 0 Å². The maximum absolute atomic E-state index is 10.8. The molecular weight excluding hydrogens is 284 g/mol. The lowest BCUT2D eigenvalue weighted by Crippen LogP contribution is -2.50. The van der Waals surface area contributed by atoms with E-state index >= 15 is 0 Å². The summed E-state index contributed by atoms with van der Waals surface area (Å²) in [6.45, 7) is 19.3. The smallest absolute Gasteiger partial charge is 0.131 e. The van der Waals surface area contributed by atoms with E-state index in [9.17, 15) is 5.11 Å². The minimum Gasteiger partial charge on any atom is -0.507 e. The van der Waals surface area contributed by atoms with Crippen LogP contribution in [0.1, 0.15) is 61.1 Å². The van der Waals surface area contributed by atoms with Gasteiger partial charge >= 0.3 is 0 Å². The summed E-state index contributed by atoms with van der Waals surface area (Å²) in [5.74, 6) is 1.35. The van der Waals surface area contributed by atoms with Crippen LogP contribution in [0.5, 0.6) is 11.5 Å². The van der Waals surface area contributed by atoms with Gasteiger partial charge in [-0.1, -0.05) is 13.8 Å². The lowest BCUT2D eigenvalue weighted by Gasteiger charge is -2.48. The van der Waals surface area contributed by atoms with Crippen molar-refractivity contribution in [3.63, 3.8) is 0 Å². The Morgan fingerprint density at radius 2 is 1.26 bits per heavy atom. The van der Waals surface area contributed by atoms with E-state index in [2.05, 4.69) is 48.5 Å². The minimum absolute atomic E-state index is 0.144. The third-order valence-electron chi connectivity index (χ3n) is 6.58. The molecule has 0 unspecified atom stereocenters. The van der Waals surface area contributed by atoms with Crippen LogP contribution in [-0.4, -0.2) is 10.7 Å². The maximum atomic E-state index is 10.8. The number of benzene rings is 2. The Morgan fingerprint density at radius 3 is 1.83 bits per heavy atom. The van der Waals surface area contributed by atoms with Crippen molar-refractivity contribution in [3.05, 3.63) is 33.4 Å². The van der Waals surface area contributed by atoms with Gasteiger partial charge in [-0.2, -0.15) is 0 Å². The first-order valence-electron chi connectivity index (χ1n) is 8.38. The van der Waals surface area contributed by atoms with Crippen LogP contribution in [-0.2, 0) is 5.41 Å². The summed E-state index contributed by atoms with van der Waals surface area (Å²) >= 11 is 0. The van der Waals surface area contributed by atoms with Crippen molar-refractivity contribution in [2.75, 3.05) is 0 Å². The molecule has 0 saturated carbocycles. The van der Waals surface area contributed by atoms with Gasteiger partial charge in [-0.05, 0) is 81.8 Å². The second-order valence-electron chi connectivity index (χ2n) is 8.17. The summed E-state index contributed by atoms with van der Waals surface area (Å²) in [5.41, 5.74) is 6.57. The van der Waals surface area contributed by atoms with Gasteiger partial charge in [0.15, 0.2) is 0 Å². The minimum atomic E-state index is -0.312. The lowest BCUT2D eigenvalue weighted by atomic mass is 9.66. The highest BCUT2D eigenvalue weighted by molar-refractivity contribution is 6.03. The van der Waals surface area contributed by atoms with E-state index in [1.54, 1.807) is 0 Å². The number of aryl methyl sites for hydroxylation is 1. The Morgan fingerprint density at radius 1 is 0.696 bits per heavy atom. The first-order chi connectivity index (χ1) is 10.4. The van der Waals surface area contributed by atoms with Crippen LogP contribution in [0, 0.1) is 34.6 Å². The molecule has 0 atom stereocenters. The van der Waals surface area contributed by atoms with Crippen LogP contribution < -0.4 is 4.74 Å². The number of aromatic hydroxyl groups is 1. The van der Waals surface area contributed by atoms with Crippen LogP contribution in [0.3, 0.4) is 0 Å². The van der Waals surface area contributed by atoms with Gasteiger partial charge in [0, 0.05) is 16.2 Å². The average molecular weight is 312 g/mol. The van der Waals surface area contributed by atoms with Crippen LogP contribution in [0.2, 0.25) is 0 Å². The molecule has 1 aliphatic rings. The Bertz CT molecular complexity index is 846. The molecule has 2 aromatic carbocycles. The largest absolute Gasteiger partial charge is 0.507 e.